The number of aryl methyl sites for hydroxylation is 1. The summed E-state index contributed by atoms with van der Waals surface area (Å²) < 4.78 is 1.57. The van der Waals surface area contributed by atoms with E-state index in [1.54, 1.807) is 11.6 Å². The Labute approximate surface area is 152 Å². The second-order valence-electron chi connectivity index (χ2n) is 6.16. The maximum Gasteiger partial charge on any atom is 0.245 e. The van der Waals surface area contributed by atoms with Gasteiger partial charge in [-0.3, -0.25) is 4.79 Å². The highest BCUT2D eigenvalue weighted by atomic mass is 16.2. The van der Waals surface area contributed by atoms with Gasteiger partial charge < -0.3 is 11.1 Å². The van der Waals surface area contributed by atoms with E-state index < -0.39 is 6.04 Å². The van der Waals surface area contributed by atoms with Crippen molar-refractivity contribution in [2.24, 2.45) is 0 Å². The molecule has 0 aliphatic heterocycles. The third-order valence-corrected chi connectivity index (χ3v) is 4.22. The van der Waals surface area contributed by atoms with Crippen LogP contribution in [0.5, 0.6) is 0 Å². The molecule has 2 aromatic carbocycles. The Balaban J connectivity index is 1.66. The van der Waals surface area contributed by atoms with Gasteiger partial charge in [-0.05, 0) is 47.0 Å². The molecule has 3 N–H and O–H groups in total. The van der Waals surface area contributed by atoms with Gasteiger partial charge in [-0.1, -0.05) is 42.5 Å². The first-order valence-electron chi connectivity index (χ1n) is 8.54. The van der Waals surface area contributed by atoms with Crippen LogP contribution in [-0.4, -0.2) is 32.7 Å². The van der Waals surface area contributed by atoms with Gasteiger partial charge in [0.05, 0.1) is 0 Å². The molecule has 0 spiro atoms. The maximum absolute atomic E-state index is 12.8. The van der Waals surface area contributed by atoms with Crippen molar-refractivity contribution in [2.75, 3.05) is 12.3 Å². The Kier molecular flexibility index (Phi) is 5.58. The lowest BCUT2D eigenvalue weighted by Crippen LogP contribution is -2.36. The second kappa shape index (κ2) is 8.24. The smallest absolute Gasteiger partial charge is 0.245 e. The van der Waals surface area contributed by atoms with Gasteiger partial charge in [-0.15, -0.1) is 5.10 Å². The topological polar surface area (TPSA) is 98.7 Å². The standard InChI is InChI=1S/C19H22N6O/c1-14-22-23-24-25(14)18(13-16-5-3-2-4-6-16)19(26)21-12-11-15-7-9-17(20)10-8-15/h2-10,18H,11-13,20H2,1H3,(H,21,26). The quantitative estimate of drug-likeness (QED) is 0.632. The summed E-state index contributed by atoms with van der Waals surface area (Å²) in [4.78, 5) is 12.8. The van der Waals surface area contributed by atoms with Gasteiger partial charge >= 0.3 is 0 Å². The summed E-state index contributed by atoms with van der Waals surface area (Å²) in [5, 5.41) is 14.6. The van der Waals surface area contributed by atoms with Gasteiger partial charge in [0.1, 0.15) is 11.9 Å². The zero-order valence-electron chi connectivity index (χ0n) is 14.7. The predicted molar refractivity (Wildman–Crippen MR) is 99.3 cm³/mol. The summed E-state index contributed by atoms with van der Waals surface area (Å²) in [5.74, 6) is 0.513. The lowest BCUT2D eigenvalue weighted by atomic mass is 10.1. The highest BCUT2D eigenvalue weighted by Crippen LogP contribution is 2.15. The van der Waals surface area contributed by atoms with E-state index in [1.807, 2.05) is 54.6 Å². The number of carbonyl (C=O) groups is 1. The number of hydrogen-bond acceptors (Lipinski definition) is 5. The summed E-state index contributed by atoms with van der Waals surface area (Å²) in [6.07, 6.45) is 1.26. The first-order chi connectivity index (χ1) is 12.6. The van der Waals surface area contributed by atoms with Gasteiger partial charge in [0.2, 0.25) is 5.91 Å². The van der Waals surface area contributed by atoms with Crippen LogP contribution in [0.1, 0.15) is 23.0 Å². The Morgan fingerprint density at radius 1 is 1.12 bits per heavy atom. The van der Waals surface area contributed by atoms with Crippen LogP contribution in [-0.2, 0) is 17.6 Å². The predicted octanol–water partition coefficient (Wildman–Crippen LogP) is 1.71. The van der Waals surface area contributed by atoms with Crippen molar-refractivity contribution in [1.82, 2.24) is 25.5 Å². The first-order valence-corrected chi connectivity index (χ1v) is 8.54. The van der Waals surface area contributed by atoms with E-state index in [9.17, 15) is 4.79 Å². The van der Waals surface area contributed by atoms with E-state index in [0.29, 0.717) is 18.8 Å². The monoisotopic (exact) mass is 350 g/mol. The highest BCUT2D eigenvalue weighted by molar-refractivity contribution is 5.80. The molecule has 134 valence electrons. The number of nitrogens with zero attached hydrogens (tertiary/aromatic N) is 4. The largest absolute Gasteiger partial charge is 0.399 e. The molecular weight excluding hydrogens is 328 g/mol. The normalized spacial score (nSPS) is 11.9. The highest BCUT2D eigenvalue weighted by Gasteiger charge is 2.23. The lowest BCUT2D eigenvalue weighted by Gasteiger charge is -2.17. The van der Waals surface area contributed by atoms with Crippen LogP contribution >= 0.6 is 0 Å². The molecule has 0 fully saturated rings. The van der Waals surface area contributed by atoms with Gasteiger partial charge in [0.25, 0.3) is 0 Å². The number of anilines is 1. The van der Waals surface area contributed by atoms with Crippen LogP contribution in [0.2, 0.25) is 0 Å². The Morgan fingerprint density at radius 3 is 2.50 bits per heavy atom. The van der Waals surface area contributed by atoms with Crippen molar-refractivity contribution in [1.29, 1.82) is 0 Å². The number of carbonyl (C=O) groups excluding carboxylic acids is 1. The van der Waals surface area contributed by atoms with Gasteiger partial charge in [0.15, 0.2) is 0 Å². The molecular formula is C19H22N6O. The molecule has 7 nitrogen and oxygen atoms in total. The molecule has 0 aliphatic rings. The summed E-state index contributed by atoms with van der Waals surface area (Å²) in [6, 6.07) is 17.0. The number of aromatic nitrogens is 4. The van der Waals surface area contributed by atoms with Crippen molar-refractivity contribution in [3.63, 3.8) is 0 Å². The zero-order valence-corrected chi connectivity index (χ0v) is 14.7. The molecule has 1 atom stereocenters. The number of amides is 1. The summed E-state index contributed by atoms with van der Waals surface area (Å²) >= 11 is 0. The number of benzene rings is 2. The molecule has 0 saturated heterocycles. The summed E-state index contributed by atoms with van der Waals surface area (Å²) in [5.41, 5.74) is 8.60. The minimum absolute atomic E-state index is 0.0975. The number of nitrogen functional groups attached to an aromatic ring is 1. The Morgan fingerprint density at radius 2 is 1.85 bits per heavy atom. The van der Waals surface area contributed by atoms with E-state index in [-0.39, 0.29) is 5.91 Å². The van der Waals surface area contributed by atoms with Crippen molar-refractivity contribution >= 4 is 11.6 Å². The van der Waals surface area contributed by atoms with Crippen LogP contribution in [0, 0.1) is 6.92 Å². The van der Waals surface area contributed by atoms with Crippen LogP contribution in [0.4, 0.5) is 5.69 Å². The van der Waals surface area contributed by atoms with Crippen molar-refractivity contribution in [3.8, 4) is 0 Å². The average molecular weight is 350 g/mol. The molecule has 0 aliphatic carbocycles. The van der Waals surface area contributed by atoms with Gasteiger partial charge in [0, 0.05) is 18.7 Å². The molecule has 0 saturated carbocycles. The van der Waals surface area contributed by atoms with E-state index in [4.69, 9.17) is 5.73 Å². The van der Waals surface area contributed by atoms with Gasteiger partial charge in [-0.25, -0.2) is 4.68 Å². The number of tetrazole rings is 1. The molecule has 26 heavy (non-hydrogen) atoms. The van der Waals surface area contributed by atoms with E-state index >= 15 is 0 Å². The van der Waals surface area contributed by atoms with Crippen molar-refractivity contribution in [3.05, 3.63) is 71.5 Å². The first kappa shape index (κ1) is 17.6. The molecule has 1 heterocycles. The molecule has 1 amide bonds. The fraction of sp³-hybridized carbons (Fsp3) is 0.263. The molecule has 7 heteroatoms. The fourth-order valence-electron chi connectivity index (χ4n) is 2.79. The summed E-state index contributed by atoms with van der Waals surface area (Å²) in [7, 11) is 0. The lowest BCUT2D eigenvalue weighted by molar-refractivity contribution is -0.124. The maximum atomic E-state index is 12.8. The van der Waals surface area contributed by atoms with E-state index in [1.165, 1.54) is 0 Å². The summed E-state index contributed by atoms with van der Waals surface area (Å²) in [6.45, 7) is 2.33. The minimum Gasteiger partial charge on any atom is -0.399 e. The minimum atomic E-state index is -0.487. The molecule has 3 rings (SSSR count). The molecule has 0 radical (unpaired) electrons. The van der Waals surface area contributed by atoms with Crippen LogP contribution < -0.4 is 11.1 Å². The van der Waals surface area contributed by atoms with Crippen LogP contribution in [0.15, 0.2) is 54.6 Å². The number of rotatable bonds is 7. The van der Waals surface area contributed by atoms with E-state index in [0.717, 1.165) is 23.2 Å². The Bertz CT molecular complexity index is 844. The molecule has 1 unspecified atom stereocenters. The fourth-order valence-corrected chi connectivity index (χ4v) is 2.79. The second-order valence-corrected chi connectivity index (χ2v) is 6.16. The molecule has 0 bridgehead atoms. The SMILES string of the molecule is Cc1nnnn1C(Cc1ccccc1)C(=O)NCCc1ccc(N)cc1. The van der Waals surface area contributed by atoms with Crippen molar-refractivity contribution < 1.29 is 4.79 Å². The number of nitrogens with two attached hydrogens (primary N) is 1. The molecule has 1 aromatic heterocycles. The Hall–Kier alpha value is -3.22. The zero-order chi connectivity index (χ0) is 18.4. The van der Waals surface area contributed by atoms with Crippen LogP contribution in [0.3, 0.4) is 0 Å². The van der Waals surface area contributed by atoms with Crippen LogP contribution in [0.25, 0.3) is 0 Å². The third-order valence-electron chi connectivity index (χ3n) is 4.22. The number of hydrogen-bond donors (Lipinski definition) is 2. The average Bonchev–Trinajstić information content (AvgIpc) is 3.08. The van der Waals surface area contributed by atoms with Gasteiger partial charge in [-0.2, -0.15) is 0 Å². The third kappa shape index (κ3) is 4.44. The van der Waals surface area contributed by atoms with Crippen molar-refractivity contribution in [2.45, 2.75) is 25.8 Å². The number of nitrogens with one attached hydrogen (secondary N) is 1. The molecule has 3 aromatic rings. The van der Waals surface area contributed by atoms with E-state index in [2.05, 4.69) is 20.8 Å².